The van der Waals surface area contributed by atoms with Crippen molar-refractivity contribution in [1.82, 2.24) is 5.32 Å². The van der Waals surface area contributed by atoms with Gasteiger partial charge < -0.3 is 8.92 Å². The summed E-state index contributed by atoms with van der Waals surface area (Å²) >= 11 is 19.6. The van der Waals surface area contributed by atoms with Gasteiger partial charge >= 0.3 is 16.1 Å². The monoisotopic (exact) mass is 706 g/mol. The molecule has 0 radical (unpaired) electrons. The van der Waals surface area contributed by atoms with Crippen LogP contribution >= 0.6 is 57.4 Å². The minimum absolute atomic E-state index is 0.0161. The number of carbonyl (C=O) groups is 3. The van der Waals surface area contributed by atoms with E-state index in [1.807, 2.05) is 22.6 Å². The fourth-order valence-electron chi connectivity index (χ4n) is 3.35. The average molecular weight is 708 g/mol. The van der Waals surface area contributed by atoms with Crippen LogP contribution in [0.1, 0.15) is 5.56 Å². The predicted molar refractivity (Wildman–Crippen MR) is 150 cm³/mol. The first kappa shape index (κ1) is 28.2. The Kier molecular flexibility index (Phi) is 8.23. The zero-order valence-corrected chi connectivity index (χ0v) is 24.2. The number of hydrogen-bond acceptors (Lipinski definition) is 7. The number of urea groups is 1. The first-order valence-electron chi connectivity index (χ1n) is 10.4. The molecule has 0 bridgehead atoms. The lowest BCUT2D eigenvalue weighted by molar-refractivity contribution is -0.122. The van der Waals surface area contributed by atoms with E-state index in [0.717, 1.165) is 4.90 Å². The van der Waals surface area contributed by atoms with Crippen molar-refractivity contribution in [2.45, 2.75) is 4.90 Å². The summed E-state index contributed by atoms with van der Waals surface area (Å²) in [6, 6.07) is 11.4. The van der Waals surface area contributed by atoms with Crippen LogP contribution in [0.5, 0.6) is 11.5 Å². The number of carbonyl (C=O) groups excluding carboxylic acids is 3. The molecule has 1 heterocycles. The Hall–Kier alpha value is -2.84. The third kappa shape index (κ3) is 5.76. The van der Waals surface area contributed by atoms with Gasteiger partial charge in [-0.2, -0.15) is 8.42 Å². The van der Waals surface area contributed by atoms with Gasteiger partial charge in [-0.25, -0.2) is 9.69 Å². The molecular formula is C24H14Cl3IN2O7S. The molecule has 1 aliphatic rings. The Morgan fingerprint density at radius 1 is 0.947 bits per heavy atom. The molecule has 0 saturated carbocycles. The number of nitrogens with zero attached hydrogens (tertiary/aromatic N) is 1. The van der Waals surface area contributed by atoms with E-state index in [1.54, 1.807) is 0 Å². The van der Waals surface area contributed by atoms with Crippen molar-refractivity contribution >= 4 is 97.1 Å². The molecule has 3 aromatic carbocycles. The van der Waals surface area contributed by atoms with Crippen molar-refractivity contribution in [2.75, 3.05) is 12.0 Å². The Morgan fingerprint density at radius 3 is 2.26 bits per heavy atom. The number of methoxy groups -OCH3 is 1. The molecule has 9 nitrogen and oxygen atoms in total. The number of anilines is 1. The summed E-state index contributed by atoms with van der Waals surface area (Å²) in [5.41, 5.74) is 0.0315. The van der Waals surface area contributed by atoms with Crippen molar-refractivity contribution in [2.24, 2.45) is 0 Å². The topological polar surface area (TPSA) is 119 Å². The van der Waals surface area contributed by atoms with Crippen LogP contribution in [0.3, 0.4) is 0 Å². The Labute approximate surface area is 245 Å². The Bertz CT molecular complexity index is 1630. The van der Waals surface area contributed by atoms with Crippen LogP contribution in [0, 0.1) is 3.57 Å². The van der Waals surface area contributed by atoms with Crippen LogP contribution in [0.15, 0.2) is 65.1 Å². The number of imide groups is 2. The van der Waals surface area contributed by atoms with Crippen LogP contribution in [0.25, 0.3) is 6.08 Å². The second-order valence-electron chi connectivity index (χ2n) is 7.58. The van der Waals surface area contributed by atoms with E-state index >= 15 is 0 Å². The first-order chi connectivity index (χ1) is 17.9. The molecule has 1 fully saturated rings. The molecule has 1 saturated heterocycles. The maximum Gasteiger partial charge on any atom is 0.339 e. The van der Waals surface area contributed by atoms with Gasteiger partial charge in [0.15, 0.2) is 11.5 Å². The number of ether oxygens (including phenoxy) is 1. The third-order valence-corrected chi connectivity index (χ3v) is 8.15. The minimum Gasteiger partial charge on any atom is -0.493 e. The second-order valence-corrected chi connectivity index (χ2v) is 11.5. The zero-order chi connectivity index (χ0) is 27.8. The van der Waals surface area contributed by atoms with E-state index in [2.05, 4.69) is 5.32 Å². The van der Waals surface area contributed by atoms with E-state index < -0.39 is 28.0 Å². The van der Waals surface area contributed by atoms with E-state index in [-0.39, 0.29) is 37.7 Å². The largest absolute Gasteiger partial charge is 0.493 e. The summed E-state index contributed by atoms with van der Waals surface area (Å²) in [7, 11) is -2.94. The molecule has 14 heteroatoms. The van der Waals surface area contributed by atoms with E-state index in [1.165, 1.54) is 67.8 Å². The molecular weight excluding hydrogens is 694 g/mol. The van der Waals surface area contributed by atoms with Gasteiger partial charge in [0.05, 0.1) is 26.4 Å². The van der Waals surface area contributed by atoms with Gasteiger partial charge in [0, 0.05) is 5.02 Å². The van der Waals surface area contributed by atoms with Gasteiger partial charge in [0.1, 0.15) is 10.5 Å². The van der Waals surface area contributed by atoms with Crippen molar-refractivity contribution in [1.29, 1.82) is 0 Å². The molecule has 0 spiro atoms. The molecule has 4 rings (SSSR count). The molecule has 196 valence electrons. The number of amides is 4. The van der Waals surface area contributed by atoms with Crippen molar-refractivity contribution in [3.05, 3.63) is 84.4 Å². The Morgan fingerprint density at radius 2 is 1.63 bits per heavy atom. The quantitative estimate of drug-likeness (QED) is 0.151. The fraction of sp³-hybridized carbons (Fsp3) is 0.0417. The van der Waals surface area contributed by atoms with Crippen molar-refractivity contribution in [3.8, 4) is 11.5 Å². The van der Waals surface area contributed by atoms with Crippen molar-refractivity contribution < 1.29 is 31.7 Å². The number of benzene rings is 3. The average Bonchev–Trinajstić information content (AvgIpc) is 2.85. The molecule has 0 aromatic heterocycles. The molecule has 38 heavy (non-hydrogen) atoms. The summed E-state index contributed by atoms with van der Waals surface area (Å²) in [5.74, 6) is -1.91. The van der Waals surface area contributed by atoms with Gasteiger partial charge in [-0.3, -0.25) is 14.9 Å². The number of barbiturate groups is 1. The number of hydrogen-bond donors (Lipinski definition) is 1. The van der Waals surface area contributed by atoms with Crippen molar-refractivity contribution in [3.63, 3.8) is 0 Å². The zero-order valence-electron chi connectivity index (χ0n) is 19.0. The van der Waals surface area contributed by atoms with Gasteiger partial charge in [-0.05, 0) is 88.8 Å². The maximum absolute atomic E-state index is 13.2. The molecule has 3 aromatic rings. The fourth-order valence-corrected chi connectivity index (χ4v) is 5.61. The smallest absolute Gasteiger partial charge is 0.339 e. The molecule has 1 aliphatic heterocycles. The molecule has 0 unspecified atom stereocenters. The van der Waals surface area contributed by atoms with Gasteiger partial charge in [-0.15, -0.1) is 0 Å². The van der Waals surface area contributed by atoms with Crippen LogP contribution in [-0.4, -0.2) is 33.4 Å². The standard InChI is InChI=1S/C24H14Cl3IN2O7S/c1-36-20-10-12(9-19(28)21(20)37-38(34,35)15-5-2-13(25)3-6-15)8-16-22(31)29-24(33)30(23(16)32)14-4-7-17(26)18(27)11-14/h2-11H,1H3,(H,29,31,33)/b16-8+. The summed E-state index contributed by atoms with van der Waals surface area (Å²) < 4.78 is 36.5. The SMILES string of the molecule is COc1cc(/C=C2\C(=O)NC(=O)N(c3ccc(Cl)c(Cl)c3)C2=O)cc(I)c1OS(=O)(=O)c1ccc(Cl)cc1. The molecule has 0 aliphatic carbocycles. The molecule has 1 N–H and O–H groups in total. The first-order valence-corrected chi connectivity index (χ1v) is 14.0. The Balaban J connectivity index is 1.70. The molecule has 4 amide bonds. The van der Waals surface area contributed by atoms with Crippen LogP contribution in [0.2, 0.25) is 15.1 Å². The predicted octanol–water partition coefficient (Wildman–Crippen LogP) is 5.69. The summed E-state index contributed by atoms with van der Waals surface area (Å²) in [5, 5.41) is 2.79. The van der Waals surface area contributed by atoms with Crippen LogP contribution in [-0.2, 0) is 19.7 Å². The number of halogens is 4. The number of rotatable bonds is 6. The third-order valence-electron chi connectivity index (χ3n) is 5.12. The van der Waals surface area contributed by atoms with Gasteiger partial charge in [-0.1, -0.05) is 34.8 Å². The van der Waals surface area contributed by atoms with E-state index in [4.69, 9.17) is 43.7 Å². The summed E-state index contributed by atoms with van der Waals surface area (Å²) in [6.07, 6.45) is 1.23. The van der Waals surface area contributed by atoms with Crippen LogP contribution < -0.4 is 19.1 Å². The second kappa shape index (κ2) is 11.1. The highest BCUT2D eigenvalue weighted by molar-refractivity contribution is 14.1. The minimum atomic E-state index is -4.23. The summed E-state index contributed by atoms with van der Waals surface area (Å²) in [4.78, 5) is 38.8. The maximum atomic E-state index is 13.2. The van der Waals surface area contributed by atoms with Gasteiger partial charge in [0.25, 0.3) is 11.8 Å². The summed E-state index contributed by atoms with van der Waals surface area (Å²) in [6.45, 7) is 0. The lowest BCUT2D eigenvalue weighted by atomic mass is 10.1. The highest BCUT2D eigenvalue weighted by Gasteiger charge is 2.37. The highest BCUT2D eigenvalue weighted by atomic mass is 127. The van der Waals surface area contributed by atoms with Gasteiger partial charge in [0.2, 0.25) is 0 Å². The molecule has 0 atom stereocenters. The lowest BCUT2D eigenvalue weighted by Gasteiger charge is -2.26. The number of nitrogens with one attached hydrogen (secondary N) is 1. The van der Waals surface area contributed by atoms with E-state index in [9.17, 15) is 22.8 Å². The normalized spacial score (nSPS) is 15.0. The highest BCUT2D eigenvalue weighted by Crippen LogP contribution is 2.37. The van der Waals surface area contributed by atoms with Crippen LogP contribution in [0.4, 0.5) is 10.5 Å². The lowest BCUT2D eigenvalue weighted by Crippen LogP contribution is -2.54. The van der Waals surface area contributed by atoms with E-state index in [0.29, 0.717) is 14.2 Å².